The lowest BCUT2D eigenvalue weighted by atomic mass is 9.87. The molecule has 0 spiro atoms. The Morgan fingerprint density at radius 1 is 1.22 bits per heavy atom. The second kappa shape index (κ2) is 11.1. The van der Waals surface area contributed by atoms with Crippen LogP contribution in [0.1, 0.15) is 36.2 Å². The molecule has 7 nitrogen and oxygen atoms in total. The van der Waals surface area contributed by atoms with Crippen molar-refractivity contribution < 1.29 is 23.0 Å². The normalized spacial score (nSPS) is 20.7. The summed E-state index contributed by atoms with van der Waals surface area (Å²) in [6.07, 6.45) is 0.559. The van der Waals surface area contributed by atoms with Gasteiger partial charge >= 0.3 is 6.09 Å². The quantitative estimate of drug-likeness (QED) is 0.342. The standard InChI is InChI=1S/C28H34F2N4O3/c1-19-14-23-22-8-2-3-9-24(22)33-25(23)26(34(19)16-28(30)17-36-18-28)20-6-4-7-21(15-20)31-12-13-37-27(35)32-11-5-10-29/h2-4,6-9,15,19,26,31,33H,5,10-14,16-18H2,1H3,(H,32,35)/t19-,26-/m1/s1. The molecule has 5 rings (SSSR count). The Balaban J connectivity index is 1.36. The number of amides is 1. The number of halogens is 2. The summed E-state index contributed by atoms with van der Waals surface area (Å²) in [5.74, 6) is 0. The lowest BCUT2D eigenvalue weighted by Crippen LogP contribution is -2.57. The maximum Gasteiger partial charge on any atom is 0.407 e. The fourth-order valence-corrected chi connectivity index (χ4v) is 5.32. The maximum atomic E-state index is 15.3. The van der Waals surface area contributed by atoms with Crippen molar-refractivity contribution in [3.63, 3.8) is 0 Å². The van der Waals surface area contributed by atoms with Gasteiger partial charge in [-0.1, -0.05) is 30.3 Å². The SMILES string of the molecule is C[C@@H]1Cc2c([nH]c3ccccc23)[C@@H](c2cccc(NCCOC(=O)NCCCF)c2)N1CC1(F)COC1. The van der Waals surface area contributed by atoms with E-state index in [4.69, 9.17) is 9.47 Å². The number of aromatic amines is 1. The van der Waals surface area contributed by atoms with Gasteiger partial charge in [0.15, 0.2) is 5.67 Å². The van der Waals surface area contributed by atoms with Crippen LogP contribution >= 0.6 is 0 Å². The van der Waals surface area contributed by atoms with Crippen molar-refractivity contribution in [2.24, 2.45) is 0 Å². The number of para-hydroxylation sites is 1. The molecule has 198 valence electrons. The van der Waals surface area contributed by atoms with E-state index in [1.807, 2.05) is 18.2 Å². The Morgan fingerprint density at radius 2 is 2.05 bits per heavy atom. The Bertz CT molecular complexity index is 1230. The summed E-state index contributed by atoms with van der Waals surface area (Å²) in [4.78, 5) is 17.6. The van der Waals surface area contributed by atoms with E-state index in [-0.39, 0.29) is 44.9 Å². The molecule has 0 unspecified atom stereocenters. The Hall–Kier alpha value is -3.17. The van der Waals surface area contributed by atoms with Gasteiger partial charge in [0.25, 0.3) is 0 Å². The third-order valence-electron chi connectivity index (χ3n) is 7.15. The van der Waals surface area contributed by atoms with Crippen LogP contribution in [0.3, 0.4) is 0 Å². The van der Waals surface area contributed by atoms with E-state index in [1.165, 1.54) is 10.9 Å². The lowest BCUT2D eigenvalue weighted by Gasteiger charge is -2.46. The lowest BCUT2D eigenvalue weighted by molar-refractivity contribution is -0.147. The fraction of sp³-hybridized carbons (Fsp3) is 0.464. The Labute approximate surface area is 215 Å². The van der Waals surface area contributed by atoms with Crippen molar-refractivity contribution in [1.82, 2.24) is 15.2 Å². The molecule has 2 aromatic carbocycles. The molecule has 2 aliphatic rings. The third-order valence-corrected chi connectivity index (χ3v) is 7.15. The van der Waals surface area contributed by atoms with Crippen LogP contribution < -0.4 is 10.6 Å². The number of hydrogen-bond acceptors (Lipinski definition) is 5. The van der Waals surface area contributed by atoms with Gasteiger partial charge in [0, 0.05) is 48.0 Å². The molecule has 2 atom stereocenters. The molecule has 0 aliphatic carbocycles. The number of ether oxygens (including phenoxy) is 2. The van der Waals surface area contributed by atoms with Crippen LogP contribution in [0.4, 0.5) is 19.3 Å². The highest BCUT2D eigenvalue weighted by Crippen LogP contribution is 2.42. The van der Waals surface area contributed by atoms with Crippen LogP contribution in [0.2, 0.25) is 0 Å². The highest BCUT2D eigenvalue weighted by atomic mass is 19.1. The number of aromatic nitrogens is 1. The summed E-state index contributed by atoms with van der Waals surface area (Å²) in [7, 11) is 0. The maximum absolute atomic E-state index is 15.3. The van der Waals surface area contributed by atoms with Crippen molar-refractivity contribution in [2.75, 3.05) is 51.4 Å². The highest BCUT2D eigenvalue weighted by Gasteiger charge is 2.45. The van der Waals surface area contributed by atoms with E-state index >= 15 is 4.39 Å². The van der Waals surface area contributed by atoms with Gasteiger partial charge in [-0.05, 0) is 49.1 Å². The van der Waals surface area contributed by atoms with E-state index in [2.05, 4.69) is 57.8 Å². The van der Waals surface area contributed by atoms with Crippen molar-refractivity contribution >= 4 is 22.7 Å². The molecule has 1 saturated heterocycles. The smallest absolute Gasteiger partial charge is 0.407 e. The first kappa shape index (κ1) is 25.5. The molecule has 37 heavy (non-hydrogen) atoms. The summed E-state index contributed by atoms with van der Waals surface area (Å²) >= 11 is 0. The van der Waals surface area contributed by atoms with Crippen LogP contribution in [-0.2, 0) is 15.9 Å². The molecule has 3 heterocycles. The van der Waals surface area contributed by atoms with Crippen LogP contribution in [0.15, 0.2) is 48.5 Å². The highest BCUT2D eigenvalue weighted by molar-refractivity contribution is 5.85. The minimum atomic E-state index is -1.34. The molecule has 0 bridgehead atoms. The Kier molecular flexibility index (Phi) is 7.62. The van der Waals surface area contributed by atoms with E-state index in [1.54, 1.807) is 0 Å². The van der Waals surface area contributed by atoms with Gasteiger partial charge in [-0.25, -0.2) is 9.18 Å². The molecule has 1 fully saturated rings. The van der Waals surface area contributed by atoms with Gasteiger partial charge < -0.3 is 25.1 Å². The zero-order valence-corrected chi connectivity index (χ0v) is 21.1. The number of fused-ring (bicyclic) bond motifs is 3. The zero-order valence-electron chi connectivity index (χ0n) is 21.1. The molecule has 3 aromatic rings. The average molecular weight is 513 g/mol. The number of carbonyl (C=O) groups excluding carboxylic acids is 1. The number of hydrogen-bond donors (Lipinski definition) is 3. The van der Waals surface area contributed by atoms with Gasteiger partial charge in [-0.15, -0.1) is 0 Å². The number of nitrogens with one attached hydrogen (secondary N) is 3. The third kappa shape index (κ3) is 5.57. The van der Waals surface area contributed by atoms with Gasteiger partial charge in [-0.2, -0.15) is 0 Å². The largest absolute Gasteiger partial charge is 0.448 e. The molecule has 2 aliphatic heterocycles. The number of H-pyrrole nitrogens is 1. The topological polar surface area (TPSA) is 78.6 Å². The average Bonchev–Trinajstić information content (AvgIpc) is 3.24. The summed E-state index contributed by atoms with van der Waals surface area (Å²) < 4.78 is 37.8. The minimum absolute atomic E-state index is 0.130. The van der Waals surface area contributed by atoms with Crippen LogP contribution in [-0.4, -0.2) is 73.8 Å². The van der Waals surface area contributed by atoms with Gasteiger partial charge in [-0.3, -0.25) is 9.29 Å². The summed E-state index contributed by atoms with van der Waals surface area (Å²) in [6.45, 7) is 3.10. The molecule has 0 saturated carbocycles. The van der Waals surface area contributed by atoms with Crippen molar-refractivity contribution in [1.29, 1.82) is 0 Å². The minimum Gasteiger partial charge on any atom is -0.448 e. The molecular weight excluding hydrogens is 478 g/mol. The van der Waals surface area contributed by atoms with E-state index in [0.29, 0.717) is 13.1 Å². The van der Waals surface area contributed by atoms with E-state index in [0.717, 1.165) is 28.9 Å². The molecule has 3 N–H and O–H groups in total. The second-order valence-corrected chi connectivity index (χ2v) is 9.99. The van der Waals surface area contributed by atoms with E-state index < -0.39 is 18.4 Å². The first-order valence-corrected chi connectivity index (χ1v) is 12.9. The predicted octanol–water partition coefficient (Wildman–Crippen LogP) is 4.74. The summed E-state index contributed by atoms with van der Waals surface area (Å²) in [5.41, 5.74) is 4.08. The summed E-state index contributed by atoms with van der Waals surface area (Å²) in [6, 6.07) is 16.4. The van der Waals surface area contributed by atoms with Gasteiger partial charge in [0.2, 0.25) is 0 Å². The zero-order chi connectivity index (χ0) is 25.8. The predicted molar refractivity (Wildman–Crippen MR) is 140 cm³/mol. The fourth-order valence-electron chi connectivity index (χ4n) is 5.32. The first-order chi connectivity index (χ1) is 18.0. The van der Waals surface area contributed by atoms with Crippen LogP contribution in [0.5, 0.6) is 0 Å². The van der Waals surface area contributed by atoms with Gasteiger partial charge in [0.1, 0.15) is 6.61 Å². The van der Waals surface area contributed by atoms with E-state index in [9.17, 15) is 9.18 Å². The number of alkyl carbamates (subject to hydrolysis) is 1. The Morgan fingerprint density at radius 3 is 2.84 bits per heavy atom. The number of carbonyl (C=O) groups is 1. The van der Waals surface area contributed by atoms with Crippen molar-refractivity contribution in [2.45, 2.75) is 37.5 Å². The van der Waals surface area contributed by atoms with Crippen molar-refractivity contribution in [3.05, 3.63) is 65.4 Å². The second-order valence-electron chi connectivity index (χ2n) is 9.99. The monoisotopic (exact) mass is 512 g/mol. The van der Waals surface area contributed by atoms with Gasteiger partial charge in [0.05, 0.1) is 25.9 Å². The number of nitrogens with zero attached hydrogens (tertiary/aromatic N) is 1. The number of anilines is 1. The number of rotatable bonds is 10. The van der Waals surface area contributed by atoms with Crippen LogP contribution in [0.25, 0.3) is 10.9 Å². The molecule has 9 heteroatoms. The molecule has 0 radical (unpaired) electrons. The van der Waals surface area contributed by atoms with Crippen LogP contribution in [0, 0.1) is 0 Å². The first-order valence-electron chi connectivity index (χ1n) is 12.9. The molecule has 1 amide bonds. The molecular formula is C28H34F2N4O3. The number of benzene rings is 2. The molecule has 1 aromatic heterocycles. The summed E-state index contributed by atoms with van der Waals surface area (Å²) in [5, 5.41) is 7.04. The van der Waals surface area contributed by atoms with Crippen molar-refractivity contribution in [3.8, 4) is 0 Å². The number of alkyl halides is 2.